The average Bonchev–Trinajstić information content (AvgIpc) is 3.03. The predicted octanol–water partition coefficient (Wildman–Crippen LogP) is 1.99. The molecule has 0 aliphatic carbocycles. The maximum Gasteiger partial charge on any atom is 0.231 e. The fourth-order valence-electron chi connectivity index (χ4n) is 2.34. The van der Waals surface area contributed by atoms with Gasteiger partial charge in [0.05, 0.1) is 21.3 Å². The van der Waals surface area contributed by atoms with Crippen LogP contribution in [0.1, 0.15) is 16.2 Å². The van der Waals surface area contributed by atoms with Crippen LogP contribution in [0, 0.1) is 0 Å². The van der Waals surface area contributed by atoms with Crippen molar-refractivity contribution >= 4 is 11.4 Å². The second-order valence-electron chi connectivity index (χ2n) is 4.70. The molecule has 0 saturated heterocycles. The summed E-state index contributed by atoms with van der Waals surface area (Å²) < 4.78 is 17.4. The molecule has 0 aliphatic rings. The first-order valence-electron chi connectivity index (χ1n) is 6.84. The average molecular weight is 313 g/mol. The fraction of sp³-hybridized carbons (Fsp3) is 0.188. The molecule has 0 aliphatic heterocycles. The molecule has 2 heterocycles. The summed E-state index contributed by atoms with van der Waals surface area (Å²) in [7, 11) is 4.50. The minimum atomic E-state index is -0.289. The fourth-order valence-corrected chi connectivity index (χ4v) is 2.34. The number of nitrogens with zero attached hydrogens (tertiary/aromatic N) is 3. The van der Waals surface area contributed by atoms with E-state index in [1.54, 1.807) is 28.8 Å². The van der Waals surface area contributed by atoms with Crippen LogP contribution in [0.2, 0.25) is 0 Å². The summed E-state index contributed by atoms with van der Waals surface area (Å²) in [5, 5.41) is 7.96. The first-order chi connectivity index (χ1) is 11.2. The van der Waals surface area contributed by atoms with E-state index in [1.807, 2.05) is 12.1 Å². The SMILES string of the molecule is COc1cc(C(=O)c2nnc3ccccn23)cc(OC)c1OC. The summed E-state index contributed by atoms with van der Waals surface area (Å²) in [6.07, 6.45) is 1.74. The number of methoxy groups -OCH3 is 3. The second kappa shape index (κ2) is 5.96. The molecule has 0 amide bonds. The van der Waals surface area contributed by atoms with Crippen LogP contribution in [-0.4, -0.2) is 41.7 Å². The quantitative estimate of drug-likeness (QED) is 0.671. The van der Waals surface area contributed by atoms with E-state index in [2.05, 4.69) is 10.2 Å². The monoisotopic (exact) mass is 313 g/mol. The molecule has 0 saturated carbocycles. The molecule has 0 spiro atoms. The van der Waals surface area contributed by atoms with Crippen LogP contribution in [0.4, 0.5) is 0 Å². The van der Waals surface area contributed by atoms with E-state index in [0.29, 0.717) is 28.5 Å². The lowest BCUT2D eigenvalue weighted by molar-refractivity contribution is 0.102. The van der Waals surface area contributed by atoms with Gasteiger partial charge in [-0.15, -0.1) is 10.2 Å². The first-order valence-corrected chi connectivity index (χ1v) is 6.84. The van der Waals surface area contributed by atoms with Gasteiger partial charge in [-0.1, -0.05) is 6.07 Å². The van der Waals surface area contributed by atoms with E-state index in [9.17, 15) is 4.79 Å². The third-order valence-corrected chi connectivity index (χ3v) is 3.44. The Morgan fingerprint density at radius 3 is 2.30 bits per heavy atom. The van der Waals surface area contributed by atoms with E-state index >= 15 is 0 Å². The number of benzene rings is 1. The summed E-state index contributed by atoms with van der Waals surface area (Å²) in [6, 6.07) is 8.60. The molecular weight excluding hydrogens is 298 g/mol. The number of hydrogen-bond donors (Lipinski definition) is 0. The summed E-state index contributed by atoms with van der Waals surface area (Å²) in [4.78, 5) is 12.8. The molecule has 0 atom stereocenters. The van der Waals surface area contributed by atoms with Crippen molar-refractivity contribution in [3.63, 3.8) is 0 Å². The van der Waals surface area contributed by atoms with Crippen molar-refractivity contribution in [3.05, 3.63) is 47.9 Å². The van der Waals surface area contributed by atoms with Crippen molar-refractivity contribution in [2.24, 2.45) is 0 Å². The van der Waals surface area contributed by atoms with Crippen molar-refractivity contribution < 1.29 is 19.0 Å². The zero-order chi connectivity index (χ0) is 16.4. The highest BCUT2D eigenvalue weighted by Crippen LogP contribution is 2.38. The number of aromatic nitrogens is 3. The smallest absolute Gasteiger partial charge is 0.231 e. The minimum Gasteiger partial charge on any atom is -0.493 e. The number of ketones is 1. The molecule has 3 rings (SSSR count). The van der Waals surface area contributed by atoms with Crippen LogP contribution in [0.3, 0.4) is 0 Å². The Hall–Kier alpha value is -3.09. The maximum absolute atomic E-state index is 12.8. The summed E-state index contributed by atoms with van der Waals surface area (Å²) in [5.74, 6) is 1.17. The van der Waals surface area contributed by atoms with Gasteiger partial charge in [-0.05, 0) is 24.3 Å². The Bertz CT molecular complexity index is 848. The molecule has 118 valence electrons. The highest BCUT2D eigenvalue weighted by atomic mass is 16.5. The third-order valence-electron chi connectivity index (χ3n) is 3.44. The van der Waals surface area contributed by atoms with Gasteiger partial charge in [0.2, 0.25) is 17.4 Å². The van der Waals surface area contributed by atoms with Crippen molar-refractivity contribution in [1.82, 2.24) is 14.6 Å². The Kier molecular flexibility index (Phi) is 3.84. The van der Waals surface area contributed by atoms with Crippen molar-refractivity contribution in [1.29, 1.82) is 0 Å². The standard InChI is InChI=1S/C16H15N3O4/c1-21-11-8-10(9-12(22-2)15(11)23-3)14(20)16-18-17-13-6-4-5-7-19(13)16/h4-9H,1-3H3. The summed E-state index contributed by atoms with van der Waals surface area (Å²) in [6.45, 7) is 0. The number of carbonyl (C=O) groups is 1. The molecule has 0 fully saturated rings. The highest BCUT2D eigenvalue weighted by Gasteiger charge is 2.21. The molecular formula is C16H15N3O4. The number of ether oxygens (including phenoxy) is 3. The van der Waals surface area contributed by atoms with Gasteiger partial charge < -0.3 is 14.2 Å². The lowest BCUT2D eigenvalue weighted by Gasteiger charge is -2.13. The van der Waals surface area contributed by atoms with Crippen LogP contribution in [0.25, 0.3) is 5.65 Å². The van der Waals surface area contributed by atoms with Gasteiger partial charge in [0.25, 0.3) is 0 Å². The highest BCUT2D eigenvalue weighted by molar-refractivity contribution is 6.07. The zero-order valence-corrected chi connectivity index (χ0v) is 12.9. The Morgan fingerprint density at radius 1 is 1.00 bits per heavy atom. The van der Waals surface area contributed by atoms with Crippen LogP contribution in [0.5, 0.6) is 17.2 Å². The molecule has 0 unspecified atom stereocenters. The van der Waals surface area contributed by atoms with E-state index < -0.39 is 0 Å². The largest absolute Gasteiger partial charge is 0.493 e. The molecule has 0 bridgehead atoms. The number of carbonyl (C=O) groups excluding carboxylic acids is 1. The van der Waals surface area contributed by atoms with Crippen LogP contribution >= 0.6 is 0 Å². The minimum absolute atomic E-state index is 0.217. The molecule has 1 aromatic carbocycles. The van der Waals surface area contributed by atoms with Crippen molar-refractivity contribution in [2.75, 3.05) is 21.3 Å². The molecule has 3 aromatic rings. The van der Waals surface area contributed by atoms with Crippen LogP contribution < -0.4 is 14.2 Å². The maximum atomic E-state index is 12.8. The lowest BCUT2D eigenvalue weighted by atomic mass is 10.1. The third kappa shape index (κ3) is 2.46. The predicted molar refractivity (Wildman–Crippen MR) is 82.5 cm³/mol. The first kappa shape index (κ1) is 14.8. The van der Waals surface area contributed by atoms with E-state index in [4.69, 9.17) is 14.2 Å². The van der Waals surface area contributed by atoms with Gasteiger partial charge >= 0.3 is 0 Å². The number of pyridine rings is 1. The van der Waals surface area contributed by atoms with Crippen molar-refractivity contribution in [2.45, 2.75) is 0 Å². The number of rotatable bonds is 5. The molecule has 23 heavy (non-hydrogen) atoms. The number of hydrogen-bond acceptors (Lipinski definition) is 6. The van der Waals surface area contributed by atoms with Crippen molar-refractivity contribution in [3.8, 4) is 17.2 Å². The summed E-state index contributed by atoms with van der Waals surface area (Å²) in [5.41, 5.74) is 0.973. The Morgan fingerprint density at radius 2 is 1.70 bits per heavy atom. The van der Waals surface area contributed by atoms with Gasteiger partial charge in [0.15, 0.2) is 17.1 Å². The Balaban J connectivity index is 2.12. The topological polar surface area (TPSA) is 75.0 Å². The normalized spacial score (nSPS) is 10.6. The van der Waals surface area contributed by atoms with Gasteiger partial charge in [-0.2, -0.15) is 0 Å². The van der Waals surface area contributed by atoms with Crippen LogP contribution in [-0.2, 0) is 0 Å². The Labute approximate surface area is 132 Å². The lowest BCUT2D eigenvalue weighted by Crippen LogP contribution is -2.08. The molecule has 0 radical (unpaired) electrons. The van der Waals surface area contributed by atoms with E-state index in [1.165, 1.54) is 21.3 Å². The molecule has 7 heteroatoms. The zero-order valence-electron chi connectivity index (χ0n) is 12.9. The van der Waals surface area contributed by atoms with Gasteiger partial charge in [0.1, 0.15) is 0 Å². The van der Waals surface area contributed by atoms with E-state index in [0.717, 1.165) is 0 Å². The van der Waals surface area contributed by atoms with Gasteiger partial charge in [-0.3, -0.25) is 9.20 Å². The molecule has 0 N–H and O–H groups in total. The molecule has 2 aromatic heterocycles. The van der Waals surface area contributed by atoms with Crippen LogP contribution in [0.15, 0.2) is 36.5 Å². The van der Waals surface area contributed by atoms with Gasteiger partial charge in [0, 0.05) is 11.8 Å². The summed E-state index contributed by atoms with van der Waals surface area (Å²) >= 11 is 0. The van der Waals surface area contributed by atoms with Gasteiger partial charge in [-0.25, -0.2) is 0 Å². The molecule has 7 nitrogen and oxygen atoms in total. The van der Waals surface area contributed by atoms with E-state index in [-0.39, 0.29) is 11.6 Å². The number of fused-ring (bicyclic) bond motifs is 1. The second-order valence-corrected chi connectivity index (χ2v) is 4.70.